The molecule has 0 fully saturated rings. The zero-order chi connectivity index (χ0) is 28.2. The summed E-state index contributed by atoms with van der Waals surface area (Å²) in [6.07, 6.45) is 5.54. The number of ether oxygens (including phenoxy) is 4. The summed E-state index contributed by atoms with van der Waals surface area (Å²) >= 11 is 0. The van der Waals surface area contributed by atoms with Crippen molar-refractivity contribution in [3.05, 3.63) is 95.4 Å². The number of benzene rings is 2. The van der Waals surface area contributed by atoms with E-state index in [2.05, 4.69) is 46.8 Å². The Labute approximate surface area is 228 Å². The quantitative estimate of drug-likeness (QED) is 0.153. The Morgan fingerprint density at radius 3 is 2.15 bits per heavy atom. The number of hydrogen-bond donors (Lipinski definition) is 0. The van der Waals surface area contributed by atoms with Crippen LogP contribution in [0.4, 0.5) is 0 Å². The first-order chi connectivity index (χ1) is 18.9. The van der Waals surface area contributed by atoms with Crippen LogP contribution in [0.3, 0.4) is 0 Å². The van der Waals surface area contributed by atoms with Crippen LogP contribution in [-0.2, 0) is 14.3 Å². The zero-order valence-corrected chi connectivity index (χ0v) is 22.8. The Balaban J connectivity index is 0.000000983. The second kappa shape index (κ2) is 14.3. The van der Waals surface area contributed by atoms with E-state index < -0.39 is 0 Å². The topological polar surface area (TPSA) is 96.8 Å². The molecule has 202 valence electrons. The molecule has 0 saturated carbocycles. The van der Waals surface area contributed by atoms with E-state index in [0.29, 0.717) is 36.9 Å². The molecular formula is C31H32N2O6. The van der Waals surface area contributed by atoms with Gasteiger partial charge in [0.15, 0.2) is 0 Å². The lowest BCUT2D eigenvalue weighted by Gasteiger charge is -2.12. The fraction of sp³-hybridized carbons (Fsp3) is 0.226. The van der Waals surface area contributed by atoms with E-state index in [9.17, 15) is 4.79 Å². The summed E-state index contributed by atoms with van der Waals surface area (Å²) < 4.78 is 20.1. The summed E-state index contributed by atoms with van der Waals surface area (Å²) in [4.78, 5) is 29.3. The highest BCUT2D eigenvalue weighted by Crippen LogP contribution is 2.30. The molecule has 2 aromatic heterocycles. The predicted molar refractivity (Wildman–Crippen MR) is 149 cm³/mol. The Morgan fingerprint density at radius 2 is 1.54 bits per heavy atom. The van der Waals surface area contributed by atoms with Crippen LogP contribution in [0, 0.1) is 20.8 Å². The molecule has 0 amide bonds. The smallest absolute Gasteiger partial charge is 0.338 e. The second-order valence-electron chi connectivity index (χ2n) is 8.60. The molecule has 4 aromatic rings. The average molecular weight is 529 g/mol. The zero-order valence-electron chi connectivity index (χ0n) is 22.8. The van der Waals surface area contributed by atoms with Gasteiger partial charge < -0.3 is 18.9 Å². The standard InChI is InChI=1S/C29H28N2O4.C2H4O2/c1-19-11-12-30-18-27(19)25-8-5-22(15-20(25)2)23-6-10-28(31-17-23)35-14-13-34-24-7-9-26(21(3)16-24)29(32)33-4;1-4-2-3/h5-12,15-18H,13-14H2,1-4H3;2H,1H3. The minimum Gasteiger partial charge on any atom is -0.490 e. The van der Waals surface area contributed by atoms with Crippen molar-refractivity contribution >= 4 is 12.4 Å². The minimum absolute atomic E-state index is 0.350. The molecule has 0 bridgehead atoms. The van der Waals surface area contributed by atoms with Gasteiger partial charge in [-0.05, 0) is 78.9 Å². The Hall–Kier alpha value is -4.72. The largest absolute Gasteiger partial charge is 0.490 e. The lowest BCUT2D eigenvalue weighted by Crippen LogP contribution is -2.10. The number of rotatable bonds is 9. The molecule has 4 rings (SSSR count). The summed E-state index contributed by atoms with van der Waals surface area (Å²) in [5.41, 5.74) is 8.16. The first-order valence-electron chi connectivity index (χ1n) is 12.3. The number of aromatic nitrogens is 2. The third-order valence-corrected chi connectivity index (χ3v) is 5.93. The number of nitrogens with zero attached hydrogens (tertiary/aromatic N) is 2. The summed E-state index contributed by atoms with van der Waals surface area (Å²) in [5, 5.41) is 0. The molecular weight excluding hydrogens is 496 g/mol. The van der Waals surface area contributed by atoms with E-state index in [0.717, 1.165) is 22.3 Å². The summed E-state index contributed by atoms with van der Waals surface area (Å²) in [6, 6.07) is 17.5. The maximum atomic E-state index is 11.7. The molecule has 0 aliphatic carbocycles. The predicted octanol–water partition coefficient (Wildman–Crippen LogP) is 5.77. The van der Waals surface area contributed by atoms with Gasteiger partial charge in [-0.15, -0.1) is 0 Å². The Kier molecular flexibility index (Phi) is 10.6. The summed E-state index contributed by atoms with van der Waals surface area (Å²) in [7, 11) is 2.68. The average Bonchev–Trinajstić information content (AvgIpc) is 2.96. The molecule has 0 radical (unpaired) electrons. The van der Waals surface area contributed by atoms with Crippen molar-refractivity contribution in [1.29, 1.82) is 0 Å². The normalized spacial score (nSPS) is 10.1. The van der Waals surface area contributed by atoms with Crippen LogP contribution in [-0.4, -0.2) is 49.8 Å². The molecule has 0 aliphatic rings. The molecule has 0 N–H and O–H groups in total. The van der Waals surface area contributed by atoms with Crippen LogP contribution in [0.5, 0.6) is 11.6 Å². The second-order valence-corrected chi connectivity index (χ2v) is 8.60. The Morgan fingerprint density at radius 1 is 0.795 bits per heavy atom. The lowest BCUT2D eigenvalue weighted by atomic mass is 9.95. The molecule has 2 heterocycles. The maximum absolute atomic E-state index is 11.7. The molecule has 0 unspecified atom stereocenters. The molecule has 0 atom stereocenters. The first kappa shape index (κ1) is 28.8. The van der Waals surface area contributed by atoms with E-state index in [-0.39, 0.29) is 5.97 Å². The van der Waals surface area contributed by atoms with Crippen LogP contribution in [0.1, 0.15) is 27.0 Å². The van der Waals surface area contributed by atoms with Gasteiger partial charge in [0.1, 0.15) is 19.0 Å². The lowest BCUT2D eigenvalue weighted by molar-refractivity contribution is -0.126. The molecule has 8 nitrogen and oxygen atoms in total. The van der Waals surface area contributed by atoms with Gasteiger partial charge in [-0.3, -0.25) is 9.78 Å². The highest BCUT2D eigenvalue weighted by molar-refractivity contribution is 5.91. The van der Waals surface area contributed by atoms with Gasteiger partial charge in [0.05, 0.1) is 19.8 Å². The number of pyridine rings is 2. The fourth-order valence-electron chi connectivity index (χ4n) is 3.90. The van der Waals surface area contributed by atoms with Crippen molar-refractivity contribution in [2.45, 2.75) is 20.8 Å². The summed E-state index contributed by atoms with van der Waals surface area (Å²) in [5.74, 6) is 0.845. The third kappa shape index (κ3) is 7.88. The van der Waals surface area contributed by atoms with Crippen LogP contribution in [0.25, 0.3) is 22.3 Å². The maximum Gasteiger partial charge on any atom is 0.338 e. The SMILES string of the molecule is COC(=O)c1ccc(OCCOc2ccc(-c3ccc(-c4cnccc4C)c(C)c3)cn2)cc1C.COC=O. The number of carbonyl (C=O) groups excluding carboxylic acids is 2. The van der Waals surface area contributed by atoms with Gasteiger partial charge in [0.25, 0.3) is 6.47 Å². The van der Waals surface area contributed by atoms with E-state index in [1.54, 1.807) is 12.1 Å². The molecule has 0 spiro atoms. The van der Waals surface area contributed by atoms with Crippen LogP contribution in [0.15, 0.2) is 73.2 Å². The van der Waals surface area contributed by atoms with Gasteiger partial charge in [0.2, 0.25) is 5.88 Å². The highest BCUT2D eigenvalue weighted by Gasteiger charge is 2.10. The van der Waals surface area contributed by atoms with Crippen molar-refractivity contribution in [2.24, 2.45) is 0 Å². The van der Waals surface area contributed by atoms with E-state index in [4.69, 9.17) is 19.0 Å². The van der Waals surface area contributed by atoms with Gasteiger partial charge in [-0.25, -0.2) is 9.78 Å². The molecule has 39 heavy (non-hydrogen) atoms. The van der Waals surface area contributed by atoms with E-state index in [1.165, 1.54) is 30.9 Å². The number of esters is 1. The van der Waals surface area contributed by atoms with Crippen LogP contribution < -0.4 is 9.47 Å². The molecule has 0 saturated heterocycles. The number of carbonyl (C=O) groups is 2. The van der Waals surface area contributed by atoms with Gasteiger partial charge in [0, 0.05) is 35.8 Å². The molecule has 0 aliphatic heterocycles. The number of hydrogen-bond acceptors (Lipinski definition) is 8. The van der Waals surface area contributed by atoms with Crippen molar-refractivity contribution in [3.8, 4) is 33.9 Å². The number of aryl methyl sites for hydroxylation is 3. The van der Waals surface area contributed by atoms with E-state index in [1.807, 2.05) is 49.8 Å². The van der Waals surface area contributed by atoms with Crippen LogP contribution >= 0.6 is 0 Å². The van der Waals surface area contributed by atoms with Crippen molar-refractivity contribution in [2.75, 3.05) is 27.4 Å². The minimum atomic E-state index is -0.360. The van der Waals surface area contributed by atoms with Crippen molar-refractivity contribution in [1.82, 2.24) is 9.97 Å². The van der Waals surface area contributed by atoms with Crippen molar-refractivity contribution in [3.63, 3.8) is 0 Å². The fourth-order valence-corrected chi connectivity index (χ4v) is 3.90. The number of methoxy groups -OCH3 is 2. The van der Waals surface area contributed by atoms with Crippen molar-refractivity contribution < 1.29 is 28.5 Å². The molecule has 2 aromatic carbocycles. The summed E-state index contributed by atoms with van der Waals surface area (Å²) in [6.45, 7) is 7.13. The van der Waals surface area contributed by atoms with E-state index >= 15 is 0 Å². The van der Waals surface area contributed by atoms with Gasteiger partial charge in [-0.1, -0.05) is 18.2 Å². The van der Waals surface area contributed by atoms with Crippen LogP contribution in [0.2, 0.25) is 0 Å². The first-order valence-corrected chi connectivity index (χ1v) is 12.3. The third-order valence-electron chi connectivity index (χ3n) is 5.93. The molecule has 8 heteroatoms. The monoisotopic (exact) mass is 528 g/mol. The highest BCUT2D eigenvalue weighted by atomic mass is 16.5. The van der Waals surface area contributed by atoms with Gasteiger partial charge >= 0.3 is 5.97 Å². The Bertz CT molecular complexity index is 1400. The van der Waals surface area contributed by atoms with Gasteiger partial charge in [-0.2, -0.15) is 0 Å².